The lowest BCUT2D eigenvalue weighted by Crippen LogP contribution is -1.81. The van der Waals surface area contributed by atoms with Crippen LogP contribution in [0.4, 0.5) is 8.78 Å². The molecule has 20 heavy (non-hydrogen) atoms. The Morgan fingerprint density at radius 2 is 1.55 bits per heavy atom. The second kappa shape index (κ2) is 8.61. The predicted octanol–water partition coefficient (Wildman–Crippen LogP) is 7.34. The highest BCUT2D eigenvalue weighted by molar-refractivity contribution is 9.13. The zero-order chi connectivity index (χ0) is 15.3. The maximum atomic E-state index is 12.7. The van der Waals surface area contributed by atoms with Gasteiger partial charge >= 0.3 is 0 Å². The lowest BCUT2D eigenvalue weighted by Gasteiger charge is -2.00. The van der Waals surface area contributed by atoms with Crippen molar-refractivity contribution in [3.63, 3.8) is 0 Å². The molecule has 0 bridgehead atoms. The van der Waals surface area contributed by atoms with Crippen LogP contribution in [-0.2, 0) is 6.67 Å². The zero-order valence-electron chi connectivity index (χ0n) is 10.4. The maximum absolute atomic E-state index is 12.7. The molecule has 0 N–H and O–H groups in total. The molecule has 0 spiro atoms. The summed E-state index contributed by atoms with van der Waals surface area (Å²) in [6.07, 6.45) is 0. The predicted molar refractivity (Wildman–Crippen MR) is 93.2 cm³/mol. The Morgan fingerprint density at radius 3 is 2.05 bits per heavy atom. The van der Waals surface area contributed by atoms with E-state index in [4.69, 9.17) is 0 Å². The van der Waals surface area contributed by atoms with Gasteiger partial charge in [-0.3, -0.25) is 0 Å². The monoisotopic (exact) mass is 532 g/mol. The molecular weight excluding hydrogens is 526 g/mol. The molecule has 0 saturated carbocycles. The lowest BCUT2D eigenvalue weighted by atomic mass is 10.2. The molecular formula is C14H10Br4F2. The highest BCUT2D eigenvalue weighted by Gasteiger charge is 2.04. The molecule has 2 aromatic carbocycles. The highest BCUT2D eigenvalue weighted by atomic mass is 79.9. The lowest BCUT2D eigenvalue weighted by molar-refractivity contribution is 0.485. The minimum Gasteiger partial charge on any atom is -0.246 e. The standard InChI is InChI=1S/2C7H5Br2F/c1-4-2-3-5(10)7(9)6(4)8;8-6-2-1-5(4-10)3-7(6)9/h2-3H,1H3;1-3H,4H2. The Hall–Kier alpha value is 0.220. The van der Waals surface area contributed by atoms with Gasteiger partial charge in [-0.15, -0.1) is 0 Å². The largest absolute Gasteiger partial charge is 0.246 e. The van der Waals surface area contributed by atoms with E-state index in [1.54, 1.807) is 18.2 Å². The third kappa shape index (κ3) is 5.20. The number of aryl methyl sites for hydroxylation is 1. The van der Waals surface area contributed by atoms with E-state index in [1.807, 2.05) is 13.0 Å². The van der Waals surface area contributed by atoms with Crippen molar-refractivity contribution in [3.05, 3.63) is 65.2 Å². The first-order valence-corrected chi connectivity index (χ1v) is 8.64. The Bertz CT molecular complexity index is 573. The van der Waals surface area contributed by atoms with E-state index in [0.29, 0.717) is 10.0 Å². The van der Waals surface area contributed by atoms with E-state index < -0.39 is 6.67 Å². The van der Waals surface area contributed by atoms with Gasteiger partial charge in [0.2, 0.25) is 0 Å². The summed E-state index contributed by atoms with van der Waals surface area (Å²) in [6, 6.07) is 8.48. The van der Waals surface area contributed by atoms with Crippen molar-refractivity contribution in [2.75, 3.05) is 0 Å². The van der Waals surface area contributed by atoms with Crippen molar-refractivity contribution < 1.29 is 8.78 Å². The van der Waals surface area contributed by atoms with E-state index in [-0.39, 0.29) is 5.82 Å². The van der Waals surface area contributed by atoms with E-state index in [9.17, 15) is 8.78 Å². The second-order valence-electron chi connectivity index (χ2n) is 3.87. The Kier molecular flexibility index (Phi) is 7.87. The fraction of sp³-hybridized carbons (Fsp3) is 0.143. The highest BCUT2D eigenvalue weighted by Crippen LogP contribution is 2.28. The third-order valence-electron chi connectivity index (χ3n) is 2.37. The van der Waals surface area contributed by atoms with Crippen molar-refractivity contribution in [1.82, 2.24) is 0 Å². The summed E-state index contributed by atoms with van der Waals surface area (Å²) in [5.74, 6) is -0.238. The average Bonchev–Trinajstić information content (AvgIpc) is 2.44. The molecule has 0 aliphatic carbocycles. The number of hydrogen-bond acceptors (Lipinski definition) is 0. The summed E-state index contributed by atoms with van der Waals surface area (Å²) in [5, 5.41) is 0. The van der Waals surface area contributed by atoms with Gasteiger partial charge in [0, 0.05) is 13.4 Å². The van der Waals surface area contributed by atoms with Crippen LogP contribution in [0.25, 0.3) is 0 Å². The van der Waals surface area contributed by atoms with E-state index >= 15 is 0 Å². The molecule has 6 heteroatoms. The van der Waals surface area contributed by atoms with Crippen LogP contribution in [0.2, 0.25) is 0 Å². The molecule has 0 heterocycles. The summed E-state index contributed by atoms with van der Waals surface area (Å²) < 4.78 is 27.8. The van der Waals surface area contributed by atoms with Crippen molar-refractivity contribution in [3.8, 4) is 0 Å². The van der Waals surface area contributed by atoms with Crippen LogP contribution in [-0.4, -0.2) is 0 Å². The van der Waals surface area contributed by atoms with Crippen LogP contribution in [0.15, 0.2) is 48.2 Å². The molecule has 0 aromatic heterocycles. The van der Waals surface area contributed by atoms with Crippen molar-refractivity contribution in [1.29, 1.82) is 0 Å². The second-order valence-corrected chi connectivity index (χ2v) is 7.17. The molecule has 0 amide bonds. The van der Waals surface area contributed by atoms with Crippen LogP contribution < -0.4 is 0 Å². The first kappa shape index (κ1) is 18.3. The van der Waals surface area contributed by atoms with Crippen molar-refractivity contribution in [2.45, 2.75) is 13.6 Å². The van der Waals surface area contributed by atoms with E-state index in [0.717, 1.165) is 19.0 Å². The van der Waals surface area contributed by atoms with E-state index in [2.05, 4.69) is 63.7 Å². The summed E-state index contributed by atoms with van der Waals surface area (Å²) in [5.41, 5.74) is 1.71. The molecule has 0 nitrogen and oxygen atoms in total. The summed E-state index contributed by atoms with van der Waals surface area (Å²) in [7, 11) is 0. The fourth-order valence-corrected chi connectivity index (χ4v) is 2.68. The minimum atomic E-state index is -0.411. The molecule has 108 valence electrons. The van der Waals surface area contributed by atoms with Gasteiger partial charge in [-0.1, -0.05) is 12.1 Å². The summed E-state index contributed by atoms with van der Waals surface area (Å²) in [6.45, 7) is 1.50. The maximum Gasteiger partial charge on any atom is 0.138 e. The SMILES string of the molecule is Cc1ccc(F)c(Br)c1Br.FCc1ccc(Br)c(Br)c1. The van der Waals surface area contributed by atoms with Crippen LogP contribution in [0, 0.1) is 12.7 Å². The molecule has 0 saturated heterocycles. The molecule has 0 aliphatic heterocycles. The van der Waals surface area contributed by atoms with Crippen molar-refractivity contribution in [2.24, 2.45) is 0 Å². The molecule has 0 radical (unpaired) electrons. The van der Waals surface area contributed by atoms with Crippen LogP contribution in [0.1, 0.15) is 11.1 Å². The van der Waals surface area contributed by atoms with Crippen LogP contribution in [0.5, 0.6) is 0 Å². The smallest absolute Gasteiger partial charge is 0.138 e. The third-order valence-corrected chi connectivity index (χ3v) is 6.58. The molecule has 0 unspecified atom stereocenters. The van der Waals surface area contributed by atoms with Crippen molar-refractivity contribution >= 4 is 63.7 Å². The van der Waals surface area contributed by atoms with Gasteiger partial charge in [-0.2, -0.15) is 0 Å². The first-order chi connectivity index (χ1) is 9.36. The number of benzene rings is 2. The molecule has 2 aromatic rings. The number of halogens is 6. The number of alkyl halides is 1. The number of rotatable bonds is 1. The topological polar surface area (TPSA) is 0 Å². The normalized spacial score (nSPS) is 9.95. The van der Waals surface area contributed by atoms with E-state index in [1.165, 1.54) is 6.07 Å². The van der Waals surface area contributed by atoms with Crippen LogP contribution in [0.3, 0.4) is 0 Å². The molecule has 2 rings (SSSR count). The van der Waals surface area contributed by atoms with Gasteiger partial charge in [0.05, 0.1) is 4.47 Å². The summed E-state index contributed by atoms with van der Waals surface area (Å²) >= 11 is 12.9. The van der Waals surface area contributed by atoms with Gasteiger partial charge in [0.25, 0.3) is 0 Å². The Balaban J connectivity index is 0.000000200. The summed E-state index contributed by atoms with van der Waals surface area (Å²) in [4.78, 5) is 0. The molecule has 0 fully saturated rings. The zero-order valence-corrected chi connectivity index (χ0v) is 16.7. The van der Waals surface area contributed by atoms with Gasteiger partial charge in [0.15, 0.2) is 0 Å². The fourth-order valence-electron chi connectivity index (χ4n) is 1.25. The molecule has 0 aliphatic rings. The Labute approximate surface area is 150 Å². The van der Waals surface area contributed by atoms with Gasteiger partial charge in [-0.05, 0) is 100.0 Å². The Morgan fingerprint density at radius 1 is 0.900 bits per heavy atom. The van der Waals surface area contributed by atoms with Gasteiger partial charge < -0.3 is 0 Å². The number of hydrogen-bond donors (Lipinski definition) is 0. The molecule has 0 atom stereocenters. The van der Waals surface area contributed by atoms with Gasteiger partial charge in [-0.25, -0.2) is 8.78 Å². The quantitative estimate of drug-likeness (QED) is 0.335. The average molecular weight is 536 g/mol. The van der Waals surface area contributed by atoms with Crippen LogP contribution >= 0.6 is 63.7 Å². The minimum absolute atomic E-state index is 0.238. The first-order valence-electron chi connectivity index (χ1n) is 5.46. The van der Waals surface area contributed by atoms with Gasteiger partial charge in [0.1, 0.15) is 12.5 Å².